The molecule has 0 saturated heterocycles. The van der Waals surface area contributed by atoms with Gasteiger partial charge in [0.25, 0.3) is 5.91 Å². The molecule has 0 aliphatic carbocycles. The highest BCUT2D eigenvalue weighted by Crippen LogP contribution is 2.30. The van der Waals surface area contributed by atoms with E-state index in [2.05, 4.69) is 29.1 Å². The zero-order valence-corrected chi connectivity index (χ0v) is 16.9. The number of nitrogens with one attached hydrogen (secondary N) is 1. The monoisotopic (exact) mass is 407 g/mol. The molecule has 1 amide bonds. The average molecular weight is 408 g/mol. The highest BCUT2D eigenvalue weighted by atomic mass is 35.5. The van der Waals surface area contributed by atoms with E-state index in [0.717, 1.165) is 19.6 Å². The molecule has 2 aromatic rings. The second-order valence-electron chi connectivity index (χ2n) is 5.91. The maximum absolute atomic E-state index is 12.2. The fraction of sp³-hybridized carbons (Fsp3) is 0.300. The fourth-order valence-corrected chi connectivity index (χ4v) is 3.01. The van der Waals surface area contributed by atoms with E-state index in [1.807, 2.05) is 0 Å². The van der Waals surface area contributed by atoms with Crippen molar-refractivity contribution >= 4 is 41.0 Å². The van der Waals surface area contributed by atoms with E-state index >= 15 is 0 Å². The Morgan fingerprint density at radius 1 is 1.19 bits per heavy atom. The molecule has 2 aromatic carbocycles. The molecule has 2 rings (SSSR count). The molecule has 0 saturated carbocycles. The number of halogens is 2. The van der Waals surface area contributed by atoms with Crippen molar-refractivity contribution in [3.05, 3.63) is 57.6 Å². The van der Waals surface area contributed by atoms with Crippen LogP contribution in [0.15, 0.2) is 41.4 Å². The number of aliphatic imine (C=N–C) groups is 1. The van der Waals surface area contributed by atoms with Gasteiger partial charge in [0, 0.05) is 35.5 Å². The third-order valence-electron chi connectivity index (χ3n) is 4.15. The van der Waals surface area contributed by atoms with E-state index in [1.165, 1.54) is 12.3 Å². The maximum atomic E-state index is 12.2. The number of carbonyl (C=O) groups excluding carboxylic acids is 1. The average Bonchev–Trinajstić information content (AvgIpc) is 2.67. The first-order chi connectivity index (χ1) is 12.9. The lowest BCUT2D eigenvalue weighted by atomic mass is 10.2. The van der Waals surface area contributed by atoms with Crippen molar-refractivity contribution < 1.29 is 9.90 Å². The molecule has 0 aliphatic heterocycles. The zero-order valence-electron chi connectivity index (χ0n) is 15.4. The molecule has 2 N–H and O–H groups in total. The number of hydrogen-bond donors (Lipinski definition) is 2. The first-order valence-corrected chi connectivity index (χ1v) is 9.52. The largest absolute Gasteiger partial charge is 0.506 e. The highest BCUT2D eigenvalue weighted by molar-refractivity contribution is 6.36. The van der Waals surface area contributed by atoms with Gasteiger partial charge in [-0.1, -0.05) is 37.0 Å². The summed E-state index contributed by atoms with van der Waals surface area (Å²) < 4.78 is 0. The number of rotatable bonds is 8. The van der Waals surface area contributed by atoms with Crippen LogP contribution in [0.3, 0.4) is 0 Å². The summed E-state index contributed by atoms with van der Waals surface area (Å²) in [4.78, 5) is 18.7. The normalized spacial score (nSPS) is 11.3. The number of likely N-dealkylation sites (N-methyl/N-ethyl adjacent to an activating group) is 1. The lowest BCUT2D eigenvalue weighted by Gasteiger charge is -2.17. The van der Waals surface area contributed by atoms with Gasteiger partial charge in [-0.15, -0.1) is 0 Å². The molecule has 144 valence electrons. The van der Waals surface area contributed by atoms with Crippen molar-refractivity contribution in [2.45, 2.75) is 13.8 Å². The summed E-state index contributed by atoms with van der Waals surface area (Å²) >= 11 is 11.8. The minimum atomic E-state index is -0.114. The van der Waals surface area contributed by atoms with Gasteiger partial charge in [-0.05, 0) is 49.5 Å². The predicted molar refractivity (Wildman–Crippen MR) is 112 cm³/mol. The number of carbonyl (C=O) groups is 1. The molecular weight excluding hydrogens is 385 g/mol. The van der Waals surface area contributed by atoms with Gasteiger partial charge in [0.05, 0.1) is 10.7 Å². The van der Waals surface area contributed by atoms with Gasteiger partial charge in [0.2, 0.25) is 0 Å². The smallest absolute Gasteiger partial charge is 0.251 e. The van der Waals surface area contributed by atoms with E-state index in [-0.39, 0.29) is 16.7 Å². The van der Waals surface area contributed by atoms with Crippen molar-refractivity contribution in [2.24, 2.45) is 4.99 Å². The van der Waals surface area contributed by atoms with Gasteiger partial charge >= 0.3 is 0 Å². The third-order valence-corrected chi connectivity index (χ3v) is 4.65. The van der Waals surface area contributed by atoms with Gasteiger partial charge in [-0.3, -0.25) is 9.79 Å². The standard InChI is InChI=1S/C20H23Cl2N3O2/c1-3-25(4-2)10-9-23-20(27)14-5-7-17(8-6-14)24-13-15-11-16(21)12-18(22)19(15)26/h5-8,11-13,26H,3-4,9-10H2,1-2H3,(H,23,27). The molecule has 7 heteroatoms. The maximum Gasteiger partial charge on any atom is 0.251 e. The minimum absolute atomic E-state index is 0.0750. The molecule has 5 nitrogen and oxygen atoms in total. The van der Waals surface area contributed by atoms with Crippen LogP contribution in [0.25, 0.3) is 0 Å². The van der Waals surface area contributed by atoms with Crippen LogP contribution in [-0.2, 0) is 0 Å². The fourth-order valence-electron chi connectivity index (χ4n) is 2.50. The zero-order chi connectivity index (χ0) is 19.8. The predicted octanol–water partition coefficient (Wildman–Crippen LogP) is 4.52. The summed E-state index contributed by atoms with van der Waals surface area (Å²) in [6.07, 6.45) is 1.48. The molecular formula is C20H23Cl2N3O2. The molecule has 27 heavy (non-hydrogen) atoms. The quantitative estimate of drug-likeness (QED) is 0.632. The Kier molecular flexibility index (Phi) is 8.10. The summed E-state index contributed by atoms with van der Waals surface area (Å²) in [5, 5.41) is 13.4. The van der Waals surface area contributed by atoms with Crippen LogP contribution >= 0.6 is 23.2 Å². The Hall–Kier alpha value is -2.08. The Labute approximate surface area is 169 Å². The summed E-state index contributed by atoms with van der Waals surface area (Å²) in [5.41, 5.74) is 1.64. The Balaban J connectivity index is 1.98. The first-order valence-electron chi connectivity index (χ1n) is 8.77. The summed E-state index contributed by atoms with van der Waals surface area (Å²) in [6.45, 7) is 7.56. The molecule has 0 aromatic heterocycles. The molecule has 0 unspecified atom stereocenters. The minimum Gasteiger partial charge on any atom is -0.506 e. The van der Waals surface area contributed by atoms with Gasteiger partial charge in [-0.25, -0.2) is 0 Å². The third kappa shape index (κ3) is 6.24. The number of aromatic hydroxyl groups is 1. The van der Waals surface area contributed by atoms with E-state index in [4.69, 9.17) is 23.2 Å². The van der Waals surface area contributed by atoms with Crippen LogP contribution in [0.4, 0.5) is 5.69 Å². The van der Waals surface area contributed by atoms with E-state index < -0.39 is 0 Å². The molecule has 0 spiro atoms. The summed E-state index contributed by atoms with van der Waals surface area (Å²) in [7, 11) is 0. The van der Waals surface area contributed by atoms with Crippen LogP contribution in [0.5, 0.6) is 5.75 Å². The van der Waals surface area contributed by atoms with E-state index in [9.17, 15) is 9.90 Å². The van der Waals surface area contributed by atoms with Crippen LogP contribution in [-0.4, -0.2) is 48.3 Å². The van der Waals surface area contributed by atoms with Gasteiger partial charge < -0.3 is 15.3 Å². The second-order valence-corrected chi connectivity index (χ2v) is 6.76. The molecule has 0 bridgehead atoms. The second kappa shape index (κ2) is 10.3. The Bertz CT molecular complexity index is 804. The van der Waals surface area contributed by atoms with Gasteiger partial charge in [0.15, 0.2) is 0 Å². The number of nitrogens with zero attached hydrogens (tertiary/aromatic N) is 2. The Morgan fingerprint density at radius 3 is 2.48 bits per heavy atom. The van der Waals surface area contributed by atoms with Crippen molar-refractivity contribution in [3.63, 3.8) is 0 Å². The summed E-state index contributed by atoms with van der Waals surface area (Å²) in [6, 6.07) is 9.93. The molecule has 0 atom stereocenters. The van der Waals surface area contributed by atoms with E-state index in [0.29, 0.717) is 28.4 Å². The Morgan fingerprint density at radius 2 is 1.85 bits per heavy atom. The lowest BCUT2D eigenvalue weighted by molar-refractivity contribution is 0.0949. The topological polar surface area (TPSA) is 64.9 Å². The van der Waals surface area contributed by atoms with Crippen LogP contribution < -0.4 is 5.32 Å². The number of benzene rings is 2. The van der Waals surface area contributed by atoms with Crippen molar-refractivity contribution in [2.75, 3.05) is 26.2 Å². The number of phenolic OH excluding ortho intramolecular Hbond substituents is 1. The molecule has 0 radical (unpaired) electrons. The van der Waals surface area contributed by atoms with Crippen LogP contribution in [0, 0.1) is 0 Å². The van der Waals surface area contributed by atoms with E-state index in [1.54, 1.807) is 30.3 Å². The number of phenols is 1. The molecule has 0 fully saturated rings. The lowest BCUT2D eigenvalue weighted by Crippen LogP contribution is -2.34. The van der Waals surface area contributed by atoms with Crippen molar-refractivity contribution in [3.8, 4) is 5.75 Å². The van der Waals surface area contributed by atoms with Gasteiger partial charge in [0.1, 0.15) is 5.75 Å². The summed E-state index contributed by atoms with van der Waals surface area (Å²) in [5.74, 6) is -0.189. The van der Waals surface area contributed by atoms with Crippen molar-refractivity contribution in [1.82, 2.24) is 10.2 Å². The first kappa shape index (κ1) is 21.2. The molecule has 0 aliphatic rings. The number of hydrogen-bond acceptors (Lipinski definition) is 4. The van der Waals surface area contributed by atoms with Crippen LogP contribution in [0.2, 0.25) is 10.0 Å². The van der Waals surface area contributed by atoms with Crippen molar-refractivity contribution in [1.29, 1.82) is 0 Å². The van der Waals surface area contributed by atoms with Gasteiger partial charge in [-0.2, -0.15) is 0 Å². The number of amides is 1. The van der Waals surface area contributed by atoms with Crippen LogP contribution in [0.1, 0.15) is 29.8 Å². The molecule has 0 heterocycles. The highest BCUT2D eigenvalue weighted by Gasteiger charge is 2.07. The SMILES string of the molecule is CCN(CC)CCNC(=O)c1ccc(N=Cc2cc(Cl)cc(Cl)c2O)cc1.